The summed E-state index contributed by atoms with van der Waals surface area (Å²) in [5.74, 6) is 0.485. The average Bonchev–Trinajstić information content (AvgIpc) is 2.64. The van der Waals surface area contributed by atoms with Crippen molar-refractivity contribution in [2.24, 2.45) is 0 Å². The minimum atomic E-state index is -0.520. The van der Waals surface area contributed by atoms with Gasteiger partial charge in [0.15, 0.2) is 0 Å². The molecular weight excluding hydrogens is 320 g/mol. The predicted molar refractivity (Wildman–Crippen MR) is 94.7 cm³/mol. The average molecular weight is 338 g/mol. The second-order valence-corrected chi connectivity index (χ2v) is 5.34. The Bertz CT molecular complexity index is 906. The molecule has 0 unspecified atom stereocenters. The van der Waals surface area contributed by atoms with Crippen LogP contribution < -0.4 is 20.5 Å². The van der Waals surface area contributed by atoms with Crippen molar-refractivity contribution in [2.75, 3.05) is 13.2 Å². The van der Waals surface area contributed by atoms with Crippen molar-refractivity contribution in [1.82, 2.24) is 10.0 Å². The van der Waals surface area contributed by atoms with Crippen molar-refractivity contribution in [3.8, 4) is 5.75 Å². The van der Waals surface area contributed by atoms with E-state index in [-0.39, 0.29) is 5.56 Å². The van der Waals surface area contributed by atoms with Crippen molar-refractivity contribution in [3.63, 3.8) is 0 Å². The van der Waals surface area contributed by atoms with E-state index >= 15 is 0 Å². The monoisotopic (exact) mass is 338 g/mol. The molecule has 0 aliphatic carbocycles. The number of fused-ring (bicyclic) bond motifs is 1. The molecular formula is C19H18N2O4. The highest BCUT2D eigenvalue weighted by molar-refractivity contribution is 5.78. The van der Waals surface area contributed by atoms with Crippen molar-refractivity contribution >= 4 is 17.0 Å². The number of pyridine rings is 1. The molecule has 128 valence electrons. The van der Waals surface area contributed by atoms with Crippen LogP contribution in [0, 0.1) is 0 Å². The van der Waals surface area contributed by atoms with Gasteiger partial charge in [0.05, 0.1) is 5.52 Å². The van der Waals surface area contributed by atoms with E-state index in [1.807, 2.05) is 30.3 Å². The zero-order valence-corrected chi connectivity index (χ0v) is 13.6. The van der Waals surface area contributed by atoms with Gasteiger partial charge in [-0.2, -0.15) is 0 Å². The van der Waals surface area contributed by atoms with E-state index in [1.54, 1.807) is 30.3 Å². The van der Waals surface area contributed by atoms with Crippen LogP contribution in [0.4, 0.5) is 4.79 Å². The number of amides is 1. The van der Waals surface area contributed by atoms with Crippen molar-refractivity contribution in [2.45, 2.75) is 6.42 Å². The number of nitrogens with zero attached hydrogens (tertiary/aromatic N) is 1. The van der Waals surface area contributed by atoms with Crippen molar-refractivity contribution < 1.29 is 14.4 Å². The quantitative estimate of drug-likeness (QED) is 0.702. The number of carbonyl (C=O) groups is 1. The molecule has 0 spiro atoms. The van der Waals surface area contributed by atoms with Crippen LogP contribution in [0.5, 0.6) is 5.75 Å². The lowest BCUT2D eigenvalue weighted by Gasteiger charge is -2.11. The fourth-order valence-corrected chi connectivity index (χ4v) is 2.34. The Hall–Kier alpha value is -3.28. The SMILES string of the molecule is O=C(NCCCOn1c(=O)ccc2ccccc21)Oc1ccccc1. The normalized spacial score (nSPS) is 10.4. The molecule has 0 saturated carbocycles. The number of carbonyl (C=O) groups excluding carboxylic acids is 1. The molecule has 0 radical (unpaired) electrons. The molecule has 0 atom stereocenters. The first kappa shape index (κ1) is 16.6. The van der Waals surface area contributed by atoms with E-state index in [0.717, 1.165) is 5.39 Å². The third-order valence-electron chi connectivity index (χ3n) is 3.53. The topological polar surface area (TPSA) is 69.6 Å². The highest BCUT2D eigenvalue weighted by atomic mass is 16.7. The van der Waals surface area contributed by atoms with Crippen molar-refractivity contribution in [1.29, 1.82) is 0 Å². The maximum Gasteiger partial charge on any atom is 0.412 e. The van der Waals surface area contributed by atoms with Crippen LogP contribution in [0.3, 0.4) is 0 Å². The zero-order chi connectivity index (χ0) is 17.5. The van der Waals surface area contributed by atoms with Gasteiger partial charge < -0.3 is 14.9 Å². The lowest BCUT2D eigenvalue weighted by molar-refractivity contribution is 0.110. The maximum absolute atomic E-state index is 12.0. The Morgan fingerprint density at radius 3 is 2.56 bits per heavy atom. The second-order valence-electron chi connectivity index (χ2n) is 5.34. The first-order chi connectivity index (χ1) is 12.2. The number of hydrogen-bond acceptors (Lipinski definition) is 4. The number of para-hydroxylation sites is 2. The lowest BCUT2D eigenvalue weighted by atomic mass is 10.2. The van der Waals surface area contributed by atoms with E-state index in [4.69, 9.17) is 9.57 Å². The molecule has 1 N–H and O–H groups in total. The van der Waals surface area contributed by atoms with Gasteiger partial charge in [0.25, 0.3) is 5.56 Å². The summed E-state index contributed by atoms with van der Waals surface area (Å²) in [5, 5.41) is 3.56. The largest absolute Gasteiger partial charge is 0.412 e. The van der Waals surface area contributed by atoms with Crippen LogP contribution in [-0.2, 0) is 0 Å². The molecule has 1 heterocycles. The third kappa shape index (κ3) is 4.38. The fraction of sp³-hybridized carbons (Fsp3) is 0.158. The molecule has 25 heavy (non-hydrogen) atoms. The molecule has 3 aromatic rings. The minimum absolute atomic E-state index is 0.227. The highest BCUT2D eigenvalue weighted by Crippen LogP contribution is 2.10. The van der Waals surface area contributed by atoms with Crippen LogP contribution in [-0.4, -0.2) is 24.0 Å². The van der Waals surface area contributed by atoms with Gasteiger partial charge in [0.2, 0.25) is 0 Å². The number of benzene rings is 2. The summed E-state index contributed by atoms with van der Waals surface area (Å²) < 4.78 is 6.39. The maximum atomic E-state index is 12.0. The van der Waals surface area contributed by atoms with Gasteiger partial charge in [-0.3, -0.25) is 4.79 Å². The summed E-state index contributed by atoms with van der Waals surface area (Å²) in [5.41, 5.74) is 0.488. The molecule has 0 bridgehead atoms. The predicted octanol–water partition coefficient (Wildman–Crippen LogP) is 2.61. The van der Waals surface area contributed by atoms with Crippen LogP contribution >= 0.6 is 0 Å². The third-order valence-corrected chi connectivity index (χ3v) is 3.53. The Morgan fingerprint density at radius 2 is 1.72 bits per heavy atom. The summed E-state index contributed by atoms with van der Waals surface area (Å²) in [6.07, 6.45) is 0.0213. The lowest BCUT2D eigenvalue weighted by Crippen LogP contribution is -2.31. The van der Waals surface area contributed by atoms with E-state index in [1.165, 1.54) is 10.8 Å². The second kappa shape index (κ2) is 8.01. The minimum Gasteiger partial charge on any atom is -0.410 e. The summed E-state index contributed by atoms with van der Waals surface area (Å²) in [6, 6.07) is 19.6. The van der Waals surface area contributed by atoms with Crippen LogP contribution in [0.1, 0.15) is 6.42 Å². The zero-order valence-electron chi connectivity index (χ0n) is 13.6. The van der Waals surface area contributed by atoms with Gasteiger partial charge in [-0.15, -0.1) is 4.73 Å². The Labute approximate surface area is 144 Å². The fourth-order valence-electron chi connectivity index (χ4n) is 2.34. The van der Waals surface area contributed by atoms with Gasteiger partial charge in [0, 0.05) is 24.4 Å². The molecule has 0 fully saturated rings. The van der Waals surface area contributed by atoms with Gasteiger partial charge >= 0.3 is 6.09 Å². The number of rotatable bonds is 6. The van der Waals surface area contributed by atoms with E-state index in [0.29, 0.717) is 30.8 Å². The molecule has 0 saturated heterocycles. The van der Waals surface area contributed by atoms with Gasteiger partial charge in [0.1, 0.15) is 12.4 Å². The summed E-state index contributed by atoms with van der Waals surface area (Å²) in [7, 11) is 0. The summed E-state index contributed by atoms with van der Waals surface area (Å²) >= 11 is 0. The van der Waals surface area contributed by atoms with Gasteiger partial charge in [-0.05, 0) is 24.3 Å². The molecule has 3 rings (SSSR count). The van der Waals surface area contributed by atoms with Gasteiger partial charge in [-0.25, -0.2) is 4.79 Å². The molecule has 2 aromatic carbocycles. The molecule has 6 heteroatoms. The molecule has 0 aliphatic rings. The van der Waals surface area contributed by atoms with Crippen LogP contribution in [0.25, 0.3) is 10.9 Å². The van der Waals surface area contributed by atoms with Crippen LogP contribution in [0.2, 0.25) is 0 Å². The Balaban J connectivity index is 1.47. The molecule has 1 aromatic heterocycles. The number of ether oxygens (including phenoxy) is 1. The Kier molecular flexibility index (Phi) is 5.31. The Morgan fingerprint density at radius 1 is 0.960 bits per heavy atom. The first-order valence-corrected chi connectivity index (χ1v) is 7.99. The van der Waals surface area contributed by atoms with Crippen molar-refractivity contribution in [3.05, 3.63) is 77.1 Å². The molecule has 6 nitrogen and oxygen atoms in total. The van der Waals surface area contributed by atoms with E-state index in [9.17, 15) is 9.59 Å². The first-order valence-electron chi connectivity index (χ1n) is 7.99. The molecule has 0 aliphatic heterocycles. The standard InChI is InChI=1S/C19H18N2O4/c22-18-12-11-15-7-4-5-10-17(15)21(18)24-14-6-13-20-19(23)25-16-8-2-1-3-9-16/h1-5,7-12H,6,13-14H2,(H,20,23). The smallest absolute Gasteiger partial charge is 0.410 e. The molecule has 1 amide bonds. The van der Waals surface area contributed by atoms with Crippen LogP contribution in [0.15, 0.2) is 71.5 Å². The van der Waals surface area contributed by atoms with E-state index in [2.05, 4.69) is 5.32 Å². The number of nitrogens with one attached hydrogen (secondary N) is 1. The number of hydrogen-bond donors (Lipinski definition) is 1. The van der Waals surface area contributed by atoms with E-state index < -0.39 is 6.09 Å². The summed E-state index contributed by atoms with van der Waals surface area (Å²) in [6.45, 7) is 0.671. The number of aromatic nitrogens is 1. The highest BCUT2D eigenvalue weighted by Gasteiger charge is 2.05. The van der Waals surface area contributed by atoms with Gasteiger partial charge in [-0.1, -0.05) is 36.4 Å². The summed E-state index contributed by atoms with van der Waals surface area (Å²) in [4.78, 5) is 29.2.